The largest absolute Gasteiger partial charge is 0.452 e. The third-order valence-corrected chi connectivity index (χ3v) is 12.8. The van der Waals surface area contributed by atoms with E-state index in [2.05, 4.69) is 179 Å². The molecule has 0 aliphatic carbocycles. The van der Waals surface area contributed by atoms with E-state index in [1.54, 1.807) is 0 Å². The number of benzene rings is 9. The van der Waals surface area contributed by atoms with Crippen LogP contribution in [0.5, 0.6) is 0 Å². The summed E-state index contributed by atoms with van der Waals surface area (Å²) in [5.74, 6) is 0.653. The minimum Gasteiger partial charge on any atom is -0.452 e. The molecule has 0 saturated heterocycles. The number of furan rings is 1. The fourth-order valence-corrected chi connectivity index (χ4v) is 10.1. The molecule has 9 aromatic carbocycles. The van der Waals surface area contributed by atoms with Gasteiger partial charge < -0.3 is 13.4 Å². The van der Waals surface area contributed by atoms with Gasteiger partial charge in [-0.05, 0) is 88.6 Å². The number of fused-ring (bicyclic) bond motifs is 14. The van der Waals surface area contributed by atoms with Crippen molar-refractivity contribution in [2.45, 2.75) is 0 Å². The summed E-state index contributed by atoms with van der Waals surface area (Å²) in [5, 5.41) is 11.0. The van der Waals surface area contributed by atoms with Gasteiger partial charge in [0.05, 0.1) is 27.6 Å². The zero-order valence-corrected chi connectivity index (χ0v) is 32.7. The summed E-state index contributed by atoms with van der Waals surface area (Å²) in [6, 6.07) is 69.5. The Morgan fingerprint density at radius 1 is 0.393 bits per heavy atom. The Hall–Kier alpha value is -8.28. The van der Waals surface area contributed by atoms with Crippen molar-refractivity contribution in [3.63, 3.8) is 0 Å². The van der Waals surface area contributed by atoms with Crippen molar-refractivity contribution in [3.8, 4) is 39.5 Å². The normalized spacial score (nSPS) is 12.3. The molecule has 5 aromatic heterocycles. The molecule has 14 aromatic rings. The van der Waals surface area contributed by atoms with Gasteiger partial charge >= 0.3 is 0 Å². The molecule has 0 amide bonds. The first kappa shape index (κ1) is 32.7. The van der Waals surface area contributed by atoms with E-state index in [0.29, 0.717) is 11.4 Å². The van der Waals surface area contributed by atoms with Crippen LogP contribution in [0.15, 0.2) is 199 Å². The Morgan fingerprint density at radius 3 is 1.80 bits per heavy atom. The Labute approximate surface area is 348 Å². The molecule has 0 bridgehead atoms. The summed E-state index contributed by atoms with van der Waals surface area (Å²) < 4.78 is 11.4. The number of rotatable bonds is 4. The van der Waals surface area contributed by atoms with Gasteiger partial charge in [-0.15, -0.1) is 0 Å². The van der Waals surface area contributed by atoms with Gasteiger partial charge in [-0.1, -0.05) is 127 Å². The Morgan fingerprint density at radius 2 is 1.00 bits per heavy atom. The highest BCUT2D eigenvalue weighted by Gasteiger charge is 2.25. The number of nitrogens with zero attached hydrogens (tertiary/aromatic N) is 4. The van der Waals surface area contributed by atoms with E-state index < -0.39 is 0 Å². The van der Waals surface area contributed by atoms with Gasteiger partial charge in [0.2, 0.25) is 0 Å². The van der Waals surface area contributed by atoms with Crippen LogP contribution >= 0.6 is 0 Å². The van der Waals surface area contributed by atoms with Gasteiger partial charge in [-0.3, -0.25) is 0 Å². The molecule has 14 rings (SSSR count). The average Bonchev–Trinajstić information content (AvgIpc) is 4.06. The molecule has 0 aliphatic rings. The number of para-hydroxylation sites is 3. The molecule has 5 nitrogen and oxygen atoms in total. The van der Waals surface area contributed by atoms with Crippen LogP contribution in [-0.2, 0) is 0 Å². The maximum Gasteiger partial charge on any atom is 0.180 e. The summed E-state index contributed by atoms with van der Waals surface area (Å²) >= 11 is 0. The van der Waals surface area contributed by atoms with Crippen LogP contribution < -0.4 is 0 Å². The van der Waals surface area contributed by atoms with Crippen LogP contribution in [0.2, 0.25) is 0 Å². The molecule has 282 valence electrons. The highest BCUT2D eigenvalue weighted by atomic mass is 16.3. The van der Waals surface area contributed by atoms with E-state index in [0.717, 1.165) is 44.6 Å². The highest BCUT2D eigenvalue weighted by molar-refractivity contribution is 6.35. The molecule has 0 N–H and O–H groups in total. The molecule has 5 heteroatoms. The summed E-state index contributed by atoms with van der Waals surface area (Å²) in [5.41, 5.74) is 14.5. The predicted molar refractivity (Wildman–Crippen MR) is 252 cm³/mol. The molecule has 5 heterocycles. The van der Waals surface area contributed by atoms with Crippen molar-refractivity contribution in [2.24, 2.45) is 0 Å². The van der Waals surface area contributed by atoms with Gasteiger partial charge in [0.1, 0.15) is 16.8 Å². The first-order valence-electron chi connectivity index (χ1n) is 20.7. The van der Waals surface area contributed by atoms with E-state index in [9.17, 15) is 0 Å². The monoisotopic (exact) mass is 776 g/mol. The zero-order valence-electron chi connectivity index (χ0n) is 32.7. The Balaban J connectivity index is 0.997. The fraction of sp³-hybridized carbons (Fsp3) is 0. The topological polar surface area (TPSA) is 48.3 Å². The van der Waals surface area contributed by atoms with Gasteiger partial charge in [0, 0.05) is 54.5 Å². The molecule has 0 spiro atoms. The zero-order chi connectivity index (χ0) is 39.8. The van der Waals surface area contributed by atoms with Crippen molar-refractivity contribution in [1.82, 2.24) is 18.9 Å². The second-order valence-corrected chi connectivity index (χ2v) is 16.1. The maximum absolute atomic E-state index is 6.49. The lowest BCUT2D eigenvalue weighted by Gasteiger charge is -2.11. The molecule has 0 saturated carbocycles. The van der Waals surface area contributed by atoms with Crippen LogP contribution in [0.4, 0.5) is 0 Å². The highest BCUT2D eigenvalue weighted by Crippen LogP contribution is 2.47. The molecule has 0 aliphatic heterocycles. The lowest BCUT2D eigenvalue weighted by Crippen LogP contribution is -1.96. The van der Waals surface area contributed by atoms with Crippen LogP contribution in [-0.4, -0.2) is 18.9 Å². The molecular weight excluding hydrogens is 745 g/mol. The molecule has 0 unspecified atom stereocenters. The fourth-order valence-electron chi connectivity index (χ4n) is 10.1. The smallest absolute Gasteiger partial charge is 0.180 e. The van der Waals surface area contributed by atoms with Crippen molar-refractivity contribution >= 4 is 92.7 Å². The third-order valence-electron chi connectivity index (χ3n) is 12.8. The first-order chi connectivity index (χ1) is 30.2. The van der Waals surface area contributed by atoms with Crippen LogP contribution in [0.3, 0.4) is 0 Å². The quantitative estimate of drug-likeness (QED) is 0.179. The third kappa shape index (κ3) is 4.55. The molecule has 0 fully saturated rings. The van der Waals surface area contributed by atoms with Crippen molar-refractivity contribution in [1.29, 1.82) is 0 Å². The Bertz CT molecular complexity index is 4080. The second-order valence-electron chi connectivity index (χ2n) is 16.1. The van der Waals surface area contributed by atoms with E-state index in [-0.39, 0.29) is 0 Å². The SMILES string of the molecule is c1ccc(-c2ccc(-c3nc(-c4ccc(-n5c6ccccc6c6cc7c8ccccc8n8c9cc%10ccccc%10cc9c(c65)c78)cc4)nc4c3oc3ccccc34)cc2)cc1. The van der Waals surface area contributed by atoms with Gasteiger partial charge in [0.25, 0.3) is 0 Å². The number of hydrogen-bond donors (Lipinski definition) is 0. The minimum absolute atomic E-state index is 0.653. The van der Waals surface area contributed by atoms with E-state index in [1.165, 1.54) is 76.2 Å². The molecule has 61 heavy (non-hydrogen) atoms. The van der Waals surface area contributed by atoms with E-state index >= 15 is 0 Å². The maximum atomic E-state index is 6.49. The predicted octanol–water partition coefficient (Wildman–Crippen LogP) is 14.8. The Kier molecular flexibility index (Phi) is 6.49. The summed E-state index contributed by atoms with van der Waals surface area (Å²) in [6.45, 7) is 0. The van der Waals surface area contributed by atoms with Gasteiger partial charge in [-0.25, -0.2) is 9.97 Å². The minimum atomic E-state index is 0.653. The second kappa shape index (κ2) is 12.1. The molecular formula is C56H32N4O. The van der Waals surface area contributed by atoms with Crippen LogP contribution in [0, 0.1) is 0 Å². The van der Waals surface area contributed by atoms with E-state index in [4.69, 9.17) is 14.4 Å². The van der Waals surface area contributed by atoms with Crippen molar-refractivity contribution in [2.75, 3.05) is 0 Å². The van der Waals surface area contributed by atoms with Crippen LogP contribution in [0.25, 0.3) is 132 Å². The lowest BCUT2D eigenvalue weighted by molar-refractivity contribution is 0.667. The average molecular weight is 777 g/mol. The van der Waals surface area contributed by atoms with Gasteiger partial charge in [0.15, 0.2) is 11.4 Å². The summed E-state index contributed by atoms with van der Waals surface area (Å²) in [4.78, 5) is 10.5. The number of aromatic nitrogens is 4. The lowest BCUT2D eigenvalue weighted by atomic mass is 10.0. The van der Waals surface area contributed by atoms with Crippen molar-refractivity contribution in [3.05, 3.63) is 194 Å². The van der Waals surface area contributed by atoms with Crippen molar-refractivity contribution < 1.29 is 4.42 Å². The van der Waals surface area contributed by atoms with Crippen LogP contribution in [0.1, 0.15) is 0 Å². The van der Waals surface area contributed by atoms with E-state index in [1.807, 2.05) is 24.3 Å². The standard InChI is InChI=1S/C56H32N4O/c1-2-12-33(13-3-1)34-22-24-35(25-23-34)51-55-52(42-18-8-11-21-49(42)61-55)58-56(57-51)36-26-28-39(29-27-36)59-46-19-9-6-16-40(46)43-32-44-41-17-7-10-20-47(41)60-48-31-38-15-5-4-14-37(38)30-45(48)50(53(43)59)54(44)60/h1-32H. The van der Waals surface area contributed by atoms with Gasteiger partial charge in [-0.2, -0.15) is 0 Å². The summed E-state index contributed by atoms with van der Waals surface area (Å²) in [7, 11) is 0. The molecule has 0 radical (unpaired) electrons. The number of hydrogen-bond acceptors (Lipinski definition) is 3. The summed E-state index contributed by atoms with van der Waals surface area (Å²) in [6.07, 6.45) is 0. The first-order valence-corrected chi connectivity index (χ1v) is 20.7. The molecule has 0 atom stereocenters.